The molecule has 0 radical (unpaired) electrons. The molecule has 0 saturated carbocycles. The van der Waals surface area contributed by atoms with Crippen molar-refractivity contribution >= 4 is 49.8 Å². The van der Waals surface area contributed by atoms with Gasteiger partial charge >= 0.3 is 0 Å². The van der Waals surface area contributed by atoms with Crippen LogP contribution < -0.4 is 10.2 Å². The van der Waals surface area contributed by atoms with Gasteiger partial charge in [0.15, 0.2) is 5.13 Å². The van der Waals surface area contributed by atoms with Crippen LogP contribution in [0.4, 0.5) is 10.8 Å². The number of hydrogen-bond acceptors (Lipinski definition) is 4. The first-order valence-electron chi connectivity index (χ1n) is 13.4. The second-order valence-corrected chi connectivity index (χ2v) is 12.1. The highest BCUT2D eigenvalue weighted by Gasteiger charge is 2.49. The van der Waals surface area contributed by atoms with Crippen LogP contribution in [-0.2, 0) is 4.79 Å². The van der Waals surface area contributed by atoms with Gasteiger partial charge in [0, 0.05) is 16.8 Å². The van der Waals surface area contributed by atoms with E-state index in [2.05, 4.69) is 48.2 Å². The van der Waals surface area contributed by atoms with Crippen molar-refractivity contribution in [2.24, 2.45) is 0 Å². The van der Waals surface area contributed by atoms with Gasteiger partial charge in [-0.3, -0.25) is 14.9 Å². The zero-order chi connectivity index (χ0) is 27.8. The van der Waals surface area contributed by atoms with Crippen LogP contribution in [0.1, 0.15) is 59.4 Å². The van der Waals surface area contributed by atoms with Crippen molar-refractivity contribution in [1.29, 1.82) is 0 Å². The van der Waals surface area contributed by atoms with Gasteiger partial charge in [-0.15, -0.1) is 0 Å². The molecule has 7 heteroatoms. The molecule has 5 aromatic rings. The normalized spacial score (nSPS) is 17.2. The minimum Gasteiger partial charge on any atom is -0.358 e. The molecule has 1 unspecified atom stereocenters. The molecule has 2 aromatic heterocycles. The van der Waals surface area contributed by atoms with E-state index in [1.165, 1.54) is 11.3 Å². The molecule has 2 aliphatic heterocycles. The smallest absolute Gasteiger partial charge is 0.259 e. The predicted octanol–water partition coefficient (Wildman–Crippen LogP) is 7.53. The topological polar surface area (TPSA) is 78.1 Å². The number of fused-ring (bicyclic) bond motifs is 1. The number of carbonyl (C=O) groups is 2. The van der Waals surface area contributed by atoms with E-state index in [0.29, 0.717) is 22.0 Å². The number of hydrogen-bond donors (Lipinski definition) is 2. The number of nitrogens with one attached hydrogen (secondary N) is 2. The largest absolute Gasteiger partial charge is 0.358 e. The highest BCUT2D eigenvalue weighted by atomic mass is 32.1. The van der Waals surface area contributed by atoms with Gasteiger partial charge in [-0.25, -0.2) is 4.98 Å². The number of benzene rings is 3. The number of nitrogens with zero attached hydrogens (tertiary/aromatic N) is 2. The summed E-state index contributed by atoms with van der Waals surface area (Å²) in [4.78, 5) is 38.6. The van der Waals surface area contributed by atoms with Crippen LogP contribution in [0.25, 0.3) is 27.0 Å². The first-order chi connectivity index (χ1) is 19.2. The van der Waals surface area contributed by atoms with E-state index >= 15 is 0 Å². The van der Waals surface area contributed by atoms with Gasteiger partial charge in [-0.2, -0.15) is 0 Å². The Morgan fingerprint density at radius 1 is 1.00 bits per heavy atom. The molecule has 0 fully saturated rings. The van der Waals surface area contributed by atoms with Gasteiger partial charge in [0.1, 0.15) is 0 Å². The number of H-pyrrole nitrogens is 1. The minimum atomic E-state index is -0.634. The van der Waals surface area contributed by atoms with Crippen molar-refractivity contribution in [1.82, 2.24) is 9.97 Å². The van der Waals surface area contributed by atoms with Gasteiger partial charge < -0.3 is 9.88 Å². The van der Waals surface area contributed by atoms with Crippen molar-refractivity contribution < 1.29 is 9.59 Å². The van der Waals surface area contributed by atoms with E-state index in [-0.39, 0.29) is 11.8 Å². The summed E-state index contributed by atoms with van der Waals surface area (Å²) in [5.41, 5.74) is 8.01. The van der Waals surface area contributed by atoms with Crippen molar-refractivity contribution in [3.63, 3.8) is 0 Å². The van der Waals surface area contributed by atoms with E-state index in [0.717, 1.165) is 43.9 Å². The molecule has 2 amide bonds. The number of thiazole rings is 1. The van der Waals surface area contributed by atoms with Crippen molar-refractivity contribution in [3.05, 3.63) is 107 Å². The van der Waals surface area contributed by atoms with E-state index < -0.39 is 11.5 Å². The van der Waals surface area contributed by atoms with Crippen molar-refractivity contribution in [2.45, 2.75) is 39.2 Å². The number of rotatable bonds is 4. The number of carbonyl (C=O) groups excluding carboxylic acids is 2. The van der Waals surface area contributed by atoms with Gasteiger partial charge in [0.25, 0.3) is 5.91 Å². The zero-order valence-electron chi connectivity index (χ0n) is 22.7. The molecular formula is C33H28N4O2S. The molecule has 6 nitrogen and oxygen atoms in total. The Kier molecular flexibility index (Phi) is 5.38. The van der Waals surface area contributed by atoms with E-state index in [1.807, 2.05) is 78.6 Å². The van der Waals surface area contributed by atoms with Gasteiger partial charge in [0.2, 0.25) is 5.91 Å². The Hall–Kier alpha value is -4.49. The lowest BCUT2D eigenvalue weighted by Gasteiger charge is -2.39. The maximum Gasteiger partial charge on any atom is 0.259 e. The summed E-state index contributed by atoms with van der Waals surface area (Å²) in [5.74, 6) is -0.941. The molecule has 2 aliphatic rings. The van der Waals surface area contributed by atoms with Crippen molar-refractivity contribution in [3.8, 4) is 11.3 Å². The Labute approximate surface area is 236 Å². The number of aryl methyl sites for hydroxylation is 1. The second kappa shape index (κ2) is 8.76. The third-order valence-electron chi connectivity index (χ3n) is 7.96. The maximum absolute atomic E-state index is 14.5. The number of allylic oxidation sites excluding steroid dienone is 1. The number of aromatic nitrogens is 2. The minimum absolute atomic E-state index is 0.0265. The Morgan fingerprint density at radius 2 is 1.75 bits per heavy atom. The number of aromatic amines is 1. The fourth-order valence-electron chi connectivity index (χ4n) is 6.40. The van der Waals surface area contributed by atoms with Gasteiger partial charge in [-0.05, 0) is 56.5 Å². The highest BCUT2D eigenvalue weighted by molar-refractivity contribution is 7.22. The molecule has 3 aromatic carbocycles. The lowest BCUT2D eigenvalue weighted by molar-refractivity contribution is -0.119. The average molecular weight is 545 g/mol. The monoisotopic (exact) mass is 544 g/mol. The molecular weight excluding hydrogens is 516 g/mol. The molecule has 198 valence electrons. The summed E-state index contributed by atoms with van der Waals surface area (Å²) < 4.78 is 1.00. The third kappa shape index (κ3) is 3.58. The zero-order valence-corrected chi connectivity index (χ0v) is 23.5. The quantitative estimate of drug-likeness (QED) is 0.246. The number of para-hydroxylation sites is 2. The first-order valence-corrected chi connectivity index (χ1v) is 14.2. The Morgan fingerprint density at radius 3 is 2.52 bits per heavy atom. The van der Waals surface area contributed by atoms with Crippen LogP contribution in [0, 0.1) is 6.92 Å². The molecule has 4 heterocycles. The maximum atomic E-state index is 14.5. The van der Waals surface area contributed by atoms with Crippen molar-refractivity contribution in [2.75, 3.05) is 10.2 Å². The van der Waals surface area contributed by atoms with Crippen LogP contribution in [-0.4, -0.2) is 27.3 Å². The number of amides is 2. The van der Waals surface area contributed by atoms with Crippen LogP contribution >= 0.6 is 11.3 Å². The fraction of sp³-hybridized carbons (Fsp3) is 0.182. The standard InChI is InChI=1S/C33H28N4O2S/c1-18-17-33(3,4)37-29-21(18)13-10-14-22(29)26(31(37)39)27-25(19(2)34-28(27)20-11-6-5-7-12-20)30(38)36-32-35-23-15-8-9-16-24(23)40-32/h5-17,26,34H,1-4H3,(H,35,36,38). The molecule has 0 bridgehead atoms. The van der Waals surface area contributed by atoms with E-state index in [9.17, 15) is 9.59 Å². The molecule has 2 N–H and O–H groups in total. The lowest BCUT2D eigenvalue weighted by Crippen LogP contribution is -2.47. The average Bonchev–Trinajstić information content (AvgIpc) is 3.58. The molecule has 0 spiro atoms. The summed E-state index contributed by atoms with van der Waals surface area (Å²) in [6.45, 7) is 8.13. The molecule has 0 saturated heterocycles. The summed E-state index contributed by atoms with van der Waals surface area (Å²) in [7, 11) is 0. The SMILES string of the molecule is CC1=CC(C)(C)N2C(=O)C(c3c(-c4ccccc4)[nH]c(C)c3C(=O)Nc3nc4ccccc4s3)c3cccc1c32. The Balaban J connectivity index is 1.43. The fourth-order valence-corrected chi connectivity index (χ4v) is 7.26. The first kappa shape index (κ1) is 24.5. The molecule has 1 atom stereocenters. The Bertz CT molecular complexity index is 1850. The van der Waals surface area contributed by atoms with Gasteiger partial charge in [0.05, 0.1) is 38.6 Å². The predicted molar refractivity (Wildman–Crippen MR) is 162 cm³/mol. The number of anilines is 2. The summed E-state index contributed by atoms with van der Waals surface area (Å²) >= 11 is 1.44. The van der Waals surface area contributed by atoms with Gasteiger partial charge in [-0.1, -0.05) is 78.1 Å². The molecule has 40 heavy (non-hydrogen) atoms. The summed E-state index contributed by atoms with van der Waals surface area (Å²) in [5, 5.41) is 3.57. The highest BCUT2D eigenvalue weighted by Crippen LogP contribution is 2.53. The van der Waals surface area contributed by atoms with Crippen LogP contribution in [0.15, 0.2) is 78.9 Å². The van der Waals surface area contributed by atoms with Crippen LogP contribution in [0.2, 0.25) is 0 Å². The molecule has 0 aliphatic carbocycles. The molecule has 7 rings (SSSR count). The van der Waals surface area contributed by atoms with E-state index in [1.54, 1.807) is 0 Å². The van der Waals surface area contributed by atoms with Crippen LogP contribution in [0.3, 0.4) is 0 Å². The van der Waals surface area contributed by atoms with Crippen LogP contribution in [0.5, 0.6) is 0 Å². The lowest BCUT2D eigenvalue weighted by atomic mass is 9.85. The second-order valence-electron chi connectivity index (χ2n) is 11.1. The third-order valence-corrected chi connectivity index (χ3v) is 8.91. The summed E-state index contributed by atoms with van der Waals surface area (Å²) in [6, 6.07) is 23.8. The van der Waals surface area contributed by atoms with E-state index in [4.69, 9.17) is 0 Å². The summed E-state index contributed by atoms with van der Waals surface area (Å²) in [6.07, 6.45) is 2.15.